The van der Waals surface area contributed by atoms with Crippen molar-refractivity contribution in [3.63, 3.8) is 0 Å². The Bertz CT molecular complexity index is 374. The molecular weight excluding hydrogens is 242 g/mol. The number of carbonyl (C=O) groups is 2. The van der Waals surface area contributed by atoms with E-state index in [9.17, 15) is 14.7 Å². The second-order valence-electron chi connectivity index (χ2n) is 5.67. The average molecular weight is 265 g/mol. The Morgan fingerprint density at radius 3 is 2.32 bits per heavy atom. The molecule has 4 nitrogen and oxygen atoms in total. The predicted octanol–water partition coefficient (Wildman–Crippen LogP) is 2.30. The van der Waals surface area contributed by atoms with E-state index < -0.39 is 11.9 Å². The van der Waals surface area contributed by atoms with Crippen LogP contribution in [0.5, 0.6) is 0 Å². The molecule has 0 bridgehead atoms. The predicted molar refractivity (Wildman–Crippen MR) is 72.6 cm³/mol. The normalized spacial score (nSPS) is 26.8. The number of nitrogens with zero attached hydrogens (tertiary/aromatic N) is 1. The van der Waals surface area contributed by atoms with Crippen LogP contribution in [0.25, 0.3) is 0 Å². The lowest BCUT2D eigenvalue weighted by molar-refractivity contribution is -0.151. The molecule has 0 saturated heterocycles. The van der Waals surface area contributed by atoms with Crippen molar-refractivity contribution >= 4 is 11.9 Å². The van der Waals surface area contributed by atoms with Gasteiger partial charge in [0.2, 0.25) is 5.91 Å². The molecule has 2 rings (SSSR count). The highest BCUT2D eigenvalue weighted by Gasteiger charge is 2.36. The van der Waals surface area contributed by atoms with Crippen molar-refractivity contribution < 1.29 is 14.7 Å². The highest BCUT2D eigenvalue weighted by molar-refractivity contribution is 5.85. The van der Waals surface area contributed by atoms with Gasteiger partial charge < -0.3 is 10.0 Å². The summed E-state index contributed by atoms with van der Waals surface area (Å²) in [6, 6.07) is 0. The smallest absolute Gasteiger partial charge is 0.307 e. The molecule has 0 aliphatic heterocycles. The molecule has 2 unspecified atom stereocenters. The van der Waals surface area contributed by atoms with Crippen LogP contribution in [0, 0.1) is 17.8 Å². The van der Waals surface area contributed by atoms with Gasteiger partial charge in [0.15, 0.2) is 0 Å². The van der Waals surface area contributed by atoms with Crippen molar-refractivity contribution in [3.8, 4) is 0 Å². The maximum atomic E-state index is 12.5. The van der Waals surface area contributed by atoms with Crippen molar-refractivity contribution in [2.24, 2.45) is 17.8 Å². The summed E-state index contributed by atoms with van der Waals surface area (Å²) in [4.78, 5) is 25.7. The van der Waals surface area contributed by atoms with Crippen LogP contribution in [0.2, 0.25) is 0 Å². The second-order valence-corrected chi connectivity index (χ2v) is 5.67. The number of hydrogen-bond acceptors (Lipinski definition) is 2. The summed E-state index contributed by atoms with van der Waals surface area (Å²) in [5.74, 6) is -1.10. The third kappa shape index (κ3) is 3.17. The van der Waals surface area contributed by atoms with Gasteiger partial charge in [0.05, 0.1) is 11.8 Å². The van der Waals surface area contributed by atoms with Crippen LogP contribution >= 0.6 is 0 Å². The Kier molecular flexibility index (Phi) is 4.61. The Labute approximate surface area is 114 Å². The highest BCUT2D eigenvalue weighted by atomic mass is 16.4. The Hall–Kier alpha value is -1.32. The van der Waals surface area contributed by atoms with Gasteiger partial charge in [-0.25, -0.2) is 0 Å². The number of amides is 1. The van der Waals surface area contributed by atoms with Crippen LogP contribution in [0.4, 0.5) is 0 Å². The monoisotopic (exact) mass is 265 g/mol. The molecule has 2 aliphatic carbocycles. The van der Waals surface area contributed by atoms with E-state index in [4.69, 9.17) is 0 Å². The molecule has 0 spiro atoms. The first-order valence-electron chi connectivity index (χ1n) is 7.30. The third-order valence-electron chi connectivity index (χ3n) is 4.46. The first-order chi connectivity index (χ1) is 9.13. The van der Waals surface area contributed by atoms with E-state index in [1.165, 1.54) is 19.3 Å². The molecule has 0 aromatic rings. The van der Waals surface area contributed by atoms with E-state index in [0.29, 0.717) is 25.3 Å². The summed E-state index contributed by atoms with van der Waals surface area (Å²) in [6.45, 7) is 3.47. The van der Waals surface area contributed by atoms with Crippen LogP contribution in [0.1, 0.15) is 39.0 Å². The van der Waals surface area contributed by atoms with Crippen LogP contribution in [0.3, 0.4) is 0 Å². The third-order valence-corrected chi connectivity index (χ3v) is 4.46. The zero-order chi connectivity index (χ0) is 13.8. The fourth-order valence-electron chi connectivity index (χ4n) is 2.96. The van der Waals surface area contributed by atoms with E-state index in [1.54, 1.807) is 0 Å². The summed E-state index contributed by atoms with van der Waals surface area (Å²) in [6.07, 6.45) is 8.54. The van der Waals surface area contributed by atoms with Crippen LogP contribution in [-0.4, -0.2) is 35.0 Å². The van der Waals surface area contributed by atoms with E-state index >= 15 is 0 Å². The Balaban J connectivity index is 2.02. The van der Waals surface area contributed by atoms with Crippen molar-refractivity contribution in [2.45, 2.75) is 39.0 Å². The summed E-state index contributed by atoms with van der Waals surface area (Å²) < 4.78 is 0. The number of rotatable bonds is 5. The zero-order valence-electron chi connectivity index (χ0n) is 11.5. The van der Waals surface area contributed by atoms with Gasteiger partial charge in [-0.3, -0.25) is 9.59 Å². The maximum absolute atomic E-state index is 12.5. The van der Waals surface area contributed by atoms with Gasteiger partial charge in [0.1, 0.15) is 0 Å². The molecule has 1 saturated carbocycles. The van der Waals surface area contributed by atoms with Gasteiger partial charge in [-0.2, -0.15) is 0 Å². The molecule has 1 fully saturated rings. The number of carboxylic acids is 1. The fraction of sp³-hybridized carbons (Fsp3) is 0.733. The first-order valence-corrected chi connectivity index (χ1v) is 7.30. The minimum atomic E-state index is -0.845. The number of carboxylic acid groups (broad SMARTS) is 1. The van der Waals surface area contributed by atoms with Gasteiger partial charge in [0.25, 0.3) is 0 Å². The van der Waals surface area contributed by atoms with Gasteiger partial charge in [-0.1, -0.05) is 18.6 Å². The standard InChI is InChI=1S/C15H23NO3/c1-2-16(10-11-6-5-7-11)14(17)12-8-3-4-9-13(12)15(18)19/h3-4,11-13H,2,5-10H2,1H3,(H,18,19). The van der Waals surface area contributed by atoms with E-state index in [-0.39, 0.29) is 11.8 Å². The molecule has 1 N–H and O–H groups in total. The number of allylic oxidation sites excluding steroid dienone is 2. The molecule has 0 aromatic heterocycles. The first kappa shape index (κ1) is 14.1. The van der Waals surface area contributed by atoms with Gasteiger partial charge >= 0.3 is 5.97 Å². The average Bonchev–Trinajstić information content (AvgIpc) is 2.37. The summed E-state index contributed by atoms with van der Waals surface area (Å²) >= 11 is 0. The topological polar surface area (TPSA) is 57.6 Å². The quantitative estimate of drug-likeness (QED) is 0.776. The summed E-state index contributed by atoms with van der Waals surface area (Å²) in [5, 5.41) is 9.25. The van der Waals surface area contributed by atoms with Gasteiger partial charge in [-0.05, 0) is 38.5 Å². The summed E-state index contributed by atoms with van der Waals surface area (Å²) in [7, 11) is 0. The second kappa shape index (κ2) is 6.22. The van der Waals surface area contributed by atoms with E-state index in [1.807, 2.05) is 24.0 Å². The van der Waals surface area contributed by atoms with Crippen molar-refractivity contribution in [1.82, 2.24) is 4.90 Å². The molecule has 0 heterocycles. The van der Waals surface area contributed by atoms with Gasteiger partial charge in [0, 0.05) is 13.1 Å². The van der Waals surface area contributed by atoms with E-state index in [0.717, 1.165) is 6.54 Å². The lowest BCUT2D eigenvalue weighted by Crippen LogP contribution is -2.44. The lowest BCUT2D eigenvalue weighted by Gasteiger charge is -2.35. The molecule has 2 atom stereocenters. The molecule has 0 aromatic carbocycles. The number of hydrogen-bond donors (Lipinski definition) is 1. The minimum Gasteiger partial charge on any atom is -0.481 e. The minimum absolute atomic E-state index is 0.0335. The zero-order valence-corrected chi connectivity index (χ0v) is 11.5. The van der Waals surface area contributed by atoms with Crippen LogP contribution in [0.15, 0.2) is 12.2 Å². The molecule has 4 heteroatoms. The Morgan fingerprint density at radius 1 is 1.21 bits per heavy atom. The number of carbonyl (C=O) groups excluding carboxylic acids is 1. The maximum Gasteiger partial charge on any atom is 0.307 e. The van der Waals surface area contributed by atoms with Crippen LogP contribution in [-0.2, 0) is 9.59 Å². The lowest BCUT2D eigenvalue weighted by atomic mass is 9.81. The van der Waals surface area contributed by atoms with Crippen molar-refractivity contribution in [2.75, 3.05) is 13.1 Å². The largest absolute Gasteiger partial charge is 0.481 e. The molecular formula is C15H23NO3. The van der Waals surface area contributed by atoms with Gasteiger partial charge in [-0.15, -0.1) is 0 Å². The molecule has 1 amide bonds. The van der Waals surface area contributed by atoms with Crippen LogP contribution < -0.4 is 0 Å². The molecule has 2 aliphatic rings. The Morgan fingerprint density at radius 2 is 1.84 bits per heavy atom. The highest BCUT2D eigenvalue weighted by Crippen LogP contribution is 2.31. The molecule has 19 heavy (non-hydrogen) atoms. The molecule has 0 radical (unpaired) electrons. The fourth-order valence-corrected chi connectivity index (χ4v) is 2.96. The van der Waals surface area contributed by atoms with E-state index in [2.05, 4.69) is 0 Å². The summed E-state index contributed by atoms with van der Waals surface area (Å²) in [5.41, 5.74) is 0. The molecule has 106 valence electrons. The SMILES string of the molecule is CCN(CC1CCC1)C(=O)C1CC=CCC1C(=O)O. The van der Waals surface area contributed by atoms with Crippen molar-refractivity contribution in [3.05, 3.63) is 12.2 Å². The number of aliphatic carboxylic acids is 1. The van der Waals surface area contributed by atoms with Crippen molar-refractivity contribution in [1.29, 1.82) is 0 Å².